The number of nitrogens with one attached hydrogen (secondary N) is 2. The molecule has 1 aromatic carbocycles. The minimum atomic E-state index is -3.86. The smallest absolute Gasteiger partial charge is 0.270 e. The second kappa shape index (κ2) is 7.54. The molecule has 0 spiro atoms. The van der Waals surface area contributed by atoms with Crippen molar-refractivity contribution in [3.05, 3.63) is 46.0 Å². The van der Waals surface area contributed by atoms with E-state index in [0.29, 0.717) is 5.92 Å². The van der Waals surface area contributed by atoms with E-state index >= 15 is 0 Å². The van der Waals surface area contributed by atoms with Crippen LogP contribution in [0, 0.1) is 16.0 Å². The molecule has 1 aliphatic rings. The maximum Gasteiger partial charge on any atom is 0.270 e. The number of rotatable bonds is 8. The Hall–Kier alpha value is -2.26. The van der Waals surface area contributed by atoms with E-state index in [-0.39, 0.29) is 29.6 Å². The van der Waals surface area contributed by atoms with Gasteiger partial charge in [-0.2, -0.15) is 0 Å². The normalized spacial score (nSPS) is 15.1. The van der Waals surface area contributed by atoms with Gasteiger partial charge in [-0.15, -0.1) is 0 Å². The number of nitro benzene ring substituents is 1. The van der Waals surface area contributed by atoms with Crippen LogP contribution in [0.25, 0.3) is 0 Å². The molecule has 0 aliphatic heterocycles. The van der Waals surface area contributed by atoms with Crippen molar-refractivity contribution in [2.45, 2.75) is 24.7 Å². The lowest BCUT2D eigenvalue weighted by molar-refractivity contribution is -0.385. The van der Waals surface area contributed by atoms with E-state index in [2.05, 4.69) is 10.0 Å². The Labute approximate surface area is 140 Å². The molecule has 2 rings (SSSR count). The van der Waals surface area contributed by atoms with Gasteiger partial charge in [0.15, 0.2) is 0 Å². The van der Waals surface area contributed by atoms with E-state index in [1.807, 2.05) is 6.92 Å². The maximum absolute atomic E-state index is 12.1. The van der Waals surface area contributed by atoms with Gasteiger partial charge in [0.2, 0.25) is 15.9 Å². The van der Waals surface area contributed by atoms with Gasteiger partial charge in [-0.05, 0) is 31.7 Å². The number of non-ortho nitro benzene ring substituents is 1. The van der Waals surface area contributed by atoms with E-state index in [9.17, 15) is 23.3 Å². The van der Waals surface area contributed by atoms with Crippen molar-refractivity contribution < 1.29 is 18.1 Å². The third kappa shape index (κ3) is 5.14. The summed E-state index contributed by atoms with van der Waals surface area (Å²) in [5.41, 5.74) is 0.733. The Morgan fingerprint density at radius 3 is 2.71 bits per heavy atom. The molecule has 0 bridgehead atoms. The molecule has 1 saturated carbocycles. The fraction of sp³-hybridized carbons (Fsp3) is 0.400. The van der Waals surface area contributed by atoms with Gasteiger partial charge >= 0.3 is 0 Å². The number of amides is 1. The lowest BCUT2D eigenvalue weighted by atomic mass is 10.2. The Morgan fingerprint density at radius 1 is 1.38 bits per heavy atom. The van der Waals surface area contributed by atoms with E-state index in [1.54, 1.807) is 0 Å². The van der Waals surface area contributed by atoms with Crippen LogP contribution >= 0.6 is 0 Å². The quantitative estimate of drug-likeness (QED) is 0.316. The number of nitrogens with zero attached hydrogens (tertiary/aromatic N) is 1. The number of allylic oxidation sites excluding steroid dienone is 1. The van der Waals surface area contributed by atoms with Gasteiger partial charge < -0.3 is 5.32 Å². The van der Waals surface area contributed by atoms with Gasteiger partial charge in [-0.3, -0.25) is 14.9 Å². The Morgan fingerprint density at radius 2 is 2.08 bits per heavy atom. The third-order valence-electron chi connectivity index (χ3n) is 3.64. The van der Waals surface area contributed by atoms with Crippen molar-refractivity contribution in [1.82, 2.24) is 10.0 Å². The molecule has 0 heterocycles. The monoisotopic (exact) mass is 353 g/mol. The summed E-state index contributed by atoms with van der Waals surface area (Å²) in [7, 11) is -3.86. The SMILES string of the molecule is C/C(=C\C(=O)NCCNS(=O)(=O)c1cccc([N+](=O)[O-])c1)C1CC1. The van der Waals surface area contributed by atoms with Crippen molar-refractivity contribution in [2.24, 2.45) is 5.92 Å². The Kier molecular flexibility index (Phi) is 5.68. The summed E-state index contributed by atoms with van der Waals surface area (Å²) < 4.78 is 26.4. The maximum atomic E-state index is 12.1. The van der Waals surface area contributed by atoms with Crippen molar-refractivity contribution in [2.75, 3.05) is 13.1 Å². The molecule has 0 unspecified atom stereocenters. The van der Waals surface area contributed by atoms with E-state index in [4.69, 9.17) is 0 Å². The summed E-state index contributed by atoms with van der Waals surface area (Å²) >= 11 is 0. The predicted octanol–water partition coefficient (Wildman–Crippen LogP) is 1.35. The van der Waals surface area contributed by atoms with Crippen LogP contribution in [0.1, 0.15) is 19.8 Å². The molecular formula is C15H19N3O5S. The van der Waals surface area contributed by atoms with Crippen molar-refractivity contribution >= 4 is 21.6 Å². The number of sulfonamides is 1. The average molecular weight is 353 g/mol. The molecule has 1 amide bonds. The van der Waals surface area contributed by atoms with Crippen LogP contribution in [0.5, 0.6) is 0 Å². The van der Waals surface area contributed by atoms with Gasteiger partial charge in [0, 0.05) is 31.3 Å². The van der Waals surface area contributed by atoms with Gasteiger partial charge in [-0.25, -0.2) is 13.1 Å². The van der Waals surface area contributed by atoms with Gasteiger partial charge in [0.25, 0.3) is 5.69 Å². The van der Waals surface area contributed by atoms with Crippen LogP contribution in [0.4, 0.5) is 5.69 Å². The van der Waals surface area contributed by atoms with Crippen molar-refractivity contribution in [1.29, 1.82) is 0 Å². The minimum Gasteiger partial charge on any atom is -0.351 e. The molecule has 24 heavy (non-hydrogen) atoms. The van der Waals surface area contributed by atoms with Crippen LogP contribution in [0.3, 0.4) is 0 Å². The fourth-order valence-electron chi connectivity index (χ4n) is 2.13. The molecule has 130 valence electrons. The second-order valence-corrected chi connectivity index (χ2v) is 7.37. The summed E-state index contributed by atoms with van der Waals surface area (Å²) in [6.45, 7) is 2.02. The van der Waals surface area contributed by atoms with Gasteiger partial charge in [-0.1, -0.05) is 11.6 Å². The minimum absolute atomic E-state index is 0.00686. The van der Waals surface area contributed by atoms with Crippen LogP contribution in [0.15, 0.2) is 40.8 Å². The zero-order chi connectivity index (χ0) is 17.7. The number of hydrogen-bond donors (Lipinski definition) is 2. The second-order valence-electron chi connectivity index (χ2n) is 5.61. The van der Waals surface area contributed by atoms with Crippen LogP contribution in [-0.4, -0.2) is 32.3 Å². The molecule has 1 fully saturated rings. The molecule has 1 aromatic rings. The standard InChI is InChI=1S/C15H19N3O5S/c1-11(12-5-6-12)9-15(19)16-7-8-17-24(22,23)14-4-2-3-13(10-14)18(20)21/h2-4,9-10,12,17H,5-8H2,1H3,(H,16,19)/b11-9+. The summed E-state index contributed by atoms with van der Waals surface area (Å²) in [5, 5.41) is 13.3. The first-order chi connectivity index (χ1) is 11.3. The zero-order valence-corrected chi connectivity index (χ0v) is 14.0. The number of carbonyl (C=O) groups is 1. The van der Waals surface area contributed by atoms with E-state index in [1.165, 1.54) is 24.3 Å². The van der Waals surface area contributed by atoms with Gasteiger partial charge in [0.05, 0.1) is 9.82 Å². The first-order valence-electron chi connectivity index (χ1n) is 7.50. The summed E-state index contributed by atoms with van der Waals surface area (Å²) in [5.74, 6) is 0.247. The molecule has 0 aromatic heterocycles. The first-order valence-corrected chi connectivity index (χ1v) is 8.98. The van der Waals surface area contributed by atoms with Crippen molar-refractivity contribution in [3.8, 4) is 0 Å². The van der Waals surface area contributed by atoms with Crippen LogP contribution < -0.4 is 10.0 Å². The number of benzene rings is 1. The number of carbonyl (C=O) groups excluding carboxylic acids is 1. The molecule has 0 radical (unpaired) electrons. The highest BCUT2D eigenvalue weighted by atomic mass is 32.2. The molecule has 8 nitrogen and oxygen atoms in total. The summed E-state index contributed by atoms with van der Waals surface area (Å²) in [4.78, 5) is 21.5. The number of nitro groups is 1. The molecule has 1 aliphatic carbocycles. The lowest BCUT2D eigenvalue weighted by Gasteiger charge is -2.07. The molecule has 0 saturated heterocycles. The van der Waals surface area contributed by atoms with Crippen molar-refractivity contribution in [3.63, 3.8) is 0 Å². The molecule has 0 atom stereocenters. The topological polar surface area (TPSA) is 118 Å². The number of hydrogen-bond acceptors (Lipinski definition) is 5. The highest BCUT2D eigenvalue weighted by Gasteiger charge is 2.23. The zero-order valence-electron chi connectivity index (χ0n) is 13.2. The largest absolute Gasteiger partial charge is 0.351 e. The highest BCUT2D eigenvalue weighted by Crippen LogP contribution is 2.35. The highest BCUT2D eigenvalue weighted by molar-refractivity contribution is 7.89. The average Bonchev–Trinajstić information content (AvgIpc) is 3.36. The van der Waals surface area contributed by atoms with Crippen LogP contribution in [0.2, 0.25) is 0 Å². The van der Waals surface area contributed by atoms with Crippen LogP contribution in [-0.2, 0) is 14.8 Å². The fourth-order valence-corrected chi connectivity index (χ4v) is 3.20. The summed E-state index contributed by atoms with van der Waals surface area (Å²) in [6, 6.07) is 4.78. The van der Waals surface area contributed by atoms with E-state index < -0.39 is 14.9 Å². The lowest BCUT2D eigenvalue weighted by Crippen LogP contribution is -2.34. The van der Waals surface area contributed by atoms with Gasteiger partial charge in [0.1, 0.15) is 0 Å². The molecular weight excluding hydrogens is 334 g/mol. The molecule has 9 heteroatoms. The first kappa shape index (κ1) is 18.1. The predicted molar refractivity (Wildman–Crippen MR) is 87.8 cm³/mol. The Bertz CT molecular complexity index is 769. The summed E-state index contributed by atoms with van der Waals surface area (Å²) in [6.07, 6.45) is 3.75. The third-order valence-corrected chi connectivity index (χ3v) is 5.09. The molecule has 2 N–H and O–H groups in total. The van der Waals surface area contributed by atoms with E-state index in [0.717, 1.165) is 24.5 Å². The Balaban J connectivity index is 1.84.